The first-order chi connectivity index (χ1) is 11.2. The van der Waals surface area contributed by atoms with E-state index < -0.39 is 0 Å². The molecule has 3 rings (SSSR count). The maximum Gasteiger partial charge on any atom is 0.252 e. The number of aromatic nitrogens is 1. The van der Waals surface area contributed by atoms with Crippen LogP contribution < -0.4 is 14.8 Å². The van der Waals surface area contributed by atoms with Crippen LogP contribution in [0, 0.1) is 5.92 Å². The van der Waals surface area contributed by atoms with Crippen LogP contribution in [0.5, 0.6) is 11.5 Å². The molecule has 1 amide bonds. The Morgan fingerprint density at radius 3 is 3.09 bits per heavy atom. The fraction of sp³-hybridized carbons (Fsp3) is 0.333. The van der Waals surface area contributed by atoms with Crippen molar-refractivity contribution in [2.75, 3.05) is 20.8 Å². The monoisotopic (exact) mass is 312 g/mol. The summed E-state index contributed by atoms with van der Waals surface area (Å²) in [7, 11) is 3.28. The highest BCUT2D eigenvalue weighted by molar-refractivity contribution is 5.95. The molecule has 0 bridgehead atoms. The number of carbonyl (C=O) groups excluding carboxylic acids is 1. The largest absolute Gasteiger partial charge is 0.497 e. The van der Waals surface area contributed by atoms with Crippen LogP contribution in [-0.4, -0.2) is 31.7 Å². The van der Waals surface area contributed by atoms with Crippen molar-refractivity contribution in [1.29, 1.82) is 0 Å². The minimum Gasteiger partial charge on any atom is -0.497 e. The lowest BCUT2D eigenvalue weighted by molar-refractivity contribution is 0.0961. The van der Waals surface area contributed by atoms with Crippen molar-refractivity contribution in [1.82, 2.24) is 10.3 Å². The molecule has 0 saturated carbocycles. The van der Waals surface area contributed by atoms with Crippen LogP contribution in [0.15, 0.2) is 36.5 Å². The zero-order valence-electron chi connectivity index (χ0n) is 13.3. The molecule has 1 aromatic heterocycles. The van der Waals surface area contributed by atoms with Gasteiger partial charge in [-0.25, -0.2) is 0 Å². The average Bonchev–Trinajstić information content (AvgIpc) is 2.61. The van der Waals surface area contributed by atoms with Gasteiger partial charge in [0.1, 0.15) is 11.5 Å². The van der Waals surface area contributed by atoms with E-state index in [0.29, 0.717) is 18.1 Å². The van der Waals surface area contributed by atoms with Crippen molar-refractivity contribution in [3.63, 3.8) is 0 Å². The van der Waals surface area contributed by atoms with Crippen LogP contribution in [0.1, 0.15) is 21.6 Å². The minimum absolute atomic E-state index is 0.102. The number of methoxy groups -OCH3 is 1. The molecule has 120 valence electrons. The predicted molar refractivity (Wildman–Crippen MR) is 87.0 cm³/mol. The Morgan fingerprint density at radius 2 is 2.30 bits per heavy atom. The van der Waals surface area contributed by atoms with Gasteiger partial charge in [-0.1, -0.05) is 6.07 Å². The van der Waals surface area contributed by atoms with Gasteiger partial charge in [0.05, 0.1) is 25.0 Å². The van der Waals surface area contributed by atoms with E-state index in [1.54, 1.807) is 26.4 Å². The maximum atomic E-state index is 11.9. The standard InChI is InChI=1S/C18H20N2O3/c1-19-18(21)15-4-3-7-20-16(15)9-12-8-13-5-6-14(22-2)10-17(13)23-11-12/h3-7,10,12H,8-9,11H2,1-2H3,(H,19,21)/t12-/m0/s1. The topological polar surface area (TPSA) is 60.5 Å². The number of amides is 1. The number of benzene rings is 1. The molecule has 0 aliphatic carbocycles. The molecule has 0 spiro atoms. The van der Waals surface area contributed by atoms with Gasteiger partial charge in [-0.05, 0) is 36.6 Å². The van der Waals surface area contributed by atoms with E-state index in [-0.39, 0.29) is 5.91 Å². The van der Waals surface area contributed by atoms with E-state index in [1.165, 1.54) is 5.56 Å². The van der Waals surface area contributed by atoms with E-state index in [1.807, 2.05) is 24.3 Å². The fourth-order valence-corrected chi connectivity index (χ4v) is 2.89. The SMILES string of the molecule is CNC(=O)c1cccnc1C[C@H]1COc2cc(OC)ccc2C1. The number of hydrogen-bond donors (Lipinski definition) is 1. The number of rotatable bonds is 4. The lowest BCUT2D eigenvalue weighted by atomic mass is 9.91. The Bertz CT molecular complexity index is 715. The first kappa shape index (κ1) is 15.3. The molecule has 1 aliphatic heterocycles. The van der Waals surface area contributed by atoms with Crippen LogP contribution in [0.3, 0.4) is 0 Å². The van der Waals surface area contributed by atoms with Crippen molar-refractivity contribution in [2.45, 2.75) is 12.8 Å². The molecule has 1 aliphatic rings. The number of hydrogen-bond acceptors (Lipinski definition) is 4. The van der Waals surface area contributed by atoms with E-state index in [2.05, 4.69) is 10.3 Å². The quantitative estimate of drug-likeness (QED) is 0.940. The molecule has 1 N–H and O–H groups in total. The fourth-order valence-electron chi connectivity index (χ4n) is 2.89. The van der Waals surface area contributed by atoms with Gasteiger partial charge in [-0.15, -0.1) is 0 Å². The highest BCUT2D eigenvalue weighted by atomic mass is 16.5. The molecule has 0 radical (unpaired) electrons. The Labute approximate surface area is 135 Å². The van der Waals surface area contributed by atoms with Gasteiger partial charge >= 0.3 is 0 Å². The normalized spacial score (nSPS) is 16.2. The molecule has 0 saturated heterocycles. The van der Waals surface area contributed by atoms with E-state index in [9.17, 15) is 4.79 Å². The summed E-state index contributed by atoms with van der Waals surface area (Å²) in [6.07, 6.45) is 3.35. The molecule has 1 atom stereocenters. The lowest BCUT2D eigenvalue weighted by Crippen LogP contribution is -2.26. The molecule has 0 unspecified atom stereocenters. The molecule has 2 heterocycles. The van der Waals surface area contributed by atoms with Crippen molar-refractivity contribution in [3.8, 4) is 11.5 Å². The van der Waals surface area contributed by atoms with Crippen LogP contribution in [0.4, 0.5) is 0 Å². The smallest absolute Gasteiger partial charge is 0.252 e. The zero-order chi connectivity index (χ0) is 16.2. The Kier molecular flexibility index (Phi) is 4.46. The maximum absolute atomic E-state index is 11.9. The Hall–Kier alpha value is -2.56. The Balaban J connectivity index is 1.76. The molecule has 0 fully saturated rings. The number of carbonyl (C=O) groups is 1. The number of ether oxygens (including phenoxy) is 2. The highest BCUT2D eigenvalue weighted by Gasteiger charge is 2.23. The summed E-state index contributed by atoms with van der Waals surface area (Å²) in [5.74, 6) is 1.88. The summed E-state index contributed by atoms with van der Waals surface area (Å²) in [5, 5.41) is 2.66. The molecule has 5 nitrogen and oxygen atoms in total. The van der Waals surface area contributed by atoms with Gasteiger partial charge in [-0.3, -0.25) is 9.78 Å². The minimum atomic E-state index is -0.102. The summed E-state index contributed by atoms with van der Waals surface area (Å²) in [6, 6.07) is 9.50. The lowest BCUT2D eigenvalue weighted by Gasteiger charge is -2.26. The van der Waals surface area contributed by atoms with Crippen LogP contribution in [-0.2, 0) is 12.8 Å². The number of nitrogens with zero attached hydrogens (tertiary/aromatic N) is 1. The molecule has 2 aromatic rings. The molecule has 23 heavy (non-hydrogen) atoms. The van der Waals surface area contributed by atoms with Crippen molar-refractivity contribution >= 4 is 5.91 Å². The zero-order valence-corrected chi connectivity index (χ0v) is 13.3. The number of fused-ring (bicyclic) bond motifs is 1. The second-order valence-corrected chi connectivity index (χ2v) is 5.64. The van der Waals surface area contributed by atoms with Crippen molar-refractivity contribution in [3.05, 3.63) is 53.3 Å². The van der Waals surface area contributed by atoms with Gasteiger partial charge in [0, 0.05) is 25.2 Å². The van der Waals surface area contributed by atoms with Crippen molar-refractivity contribution in [2.24, 2.45) is 5.92 Å². The predicted octanol–water partition coefficient (Wildman–Crippen LogP) is 2.24. The molecule has 1 aromatic carbocycles. The molecular weight excluding hydrogens is 292 g/mol. The van der Waals surface area contributed by atoms with Gasteiger partial charge < -0.3 is 14.8 Å². The third kappa shape index (κ3) is 3.28. The van der Waals surface area contributed by atoms with Gasteiger partial charge in [0.15, 0.2) is 0 Å². The average molecular weight is 312 g/mol. The third-order valence-electron chi connectivity index (χ3n) is 4.10. The summed E-state index contributed by atoms with van der Waals surface area (Å²) >= 11 is 0. The summed E-state index contributed by atoms with van der Waals surface area (Å²) < 4.78 is 11.1. The summed E-state index contributed by atoms with van der Waals surface area (Å²) in [5.41, 5.74) is 2.62. The summed E-state index contributed by atoms with van der Waals surface area (Å²) in [6.45, 7) is 0.615. The van der Waals surface area contributed by atoms with Gasteiger partial charge in [0.25, 0.3) is 5.91 Å². The third-order valence-corrected chi connectivity index (χ3v) is 4.10. The van der Waals surface area contributed by atoms with Gasteiger partial charge in [-0.2, -0.15) is 0 Å². The van der Waals surface area contributed by atoms with Crippen LogP contribution in [0.2, 0.25) is 0 Å². The van der Waals surface area contributed by atoms with E-state index >= 15 is 0 Å². The number of pyridine rings is 1. The molecular formula is C18H20N2O3. The summed E-state index contributed by atoms with van der Waals surface area (Å²) in [4.78, 5) is 16.3. The second-order valence-electron chi connectivity index (χ2n) is 5.64. The van der Waals surface area contributed by atoms with E-state index in [4.69, 9.17) is 9.47 Å². The van der Waals surface area contributed by atoms with Gasteiger partial charge in [0.2, 0.25) is 0 Å². The first-order valence-corrected chi connectivity index (χ1v) is 7.67. The van der Waals surface area contributed by atoms with E-state index in [0.717, 1.165) is 30.0 Å². The second kappa shape index (κ2) is 6.69. The molecule has 5 heteroatoms. The highest BCUT2D eigenvalue weighted by Crippen LogP contribution is 2.32. The Morgan fingerprint density at radius 1 is 1.43 bits per heavy atom. The van der Waals surface area contributed by atoms with Crippen LogP contribution >= 0.6 is 0 Å². The van der Waals surface area contributed by atoms with Crippen molar-refractivity contribution < 1.29 is 14.3 Å². The number of nitrogens with one attached hydrogen (secondary N) is 1. The first-order valence-electron chi connectivity index (χ1n) is 7.67. The van der Waals surface area contributed by atoms with Crippen LogP contribution in [0.25, 0.3) is 0 Å².